The van der Waals surface area contributed by atoms with Gasteiger partial charge in [0.2, 0.25) is 0 Å². The molecule has 1 atom stereocenters. The second kappa shape index (κ2) is 4.90. The number of halogens is 1. The van der Waals surface area contributed by atoms with Gasteiger partial charge in [-0.15, -0.1) is 0 Å². The van der Waals surface area contributed by atoms with E-state index in [0.717, 1.165) is 17.8 Å². The number of rotatable bonds is 3. The fourth-order valence-corrected chi connectivity index (χ4v) is 1.98. The Hall–Kier alpha value is -1.68. The minimum atomic E-state index is -0.776. The molecule has 0 saturated heterocycles. The first-order chi connectivity index (χ1) is 8.52. The second-order valence-corrected chi connectivity index (χ2v) is 4.45. The van der Waals surface area contributed by atoms with Crippen LogP contribution in [0.4, 0.5) is 4.39 Å². The molecule has 1 aromatic heterocycles. The SMILES string of the molecule is CCc1cc(C(O)c2ccc(F)c(C)c2)n(C)n1. The Morgan fingerprint density at radius 3 is 2.67 bits per heavy atom. The van der Waals surface area contributed by atoms with Gasteiger partial charge in [-0.3, -0.25) is 4.68 Å². The Morgan fingerprint density at radius 1 is 1.39 bits per heavy atom. The van der Waals surface area contributed by atoms with Crippen molar-refractivity contribution < 1.29 is 9.50 Å². The van der Waals surface area contributed by atoms with Crippen molar-refractivity contribution in [2.45, 2.75) is 26.4 Å². The van der Waals surface area contributed by atoms with Crippen molar-refractivity contribution in [1.82, 2.24) is 9.78 Å². The van der Waals surface area contributed by atoms with Gasteiger partial charge in [0.15, 0.2) is 0 Å². The van der Waals surface area contributed by atoms with E-state index in [1.54, 1.807) is 30.8 Å². The van der Waals surface area contributed by atoms with Gasteiger partial charge in [-0.1, -0.05) is 19.1 Å². The van der Waals surface area contributed by atoms with Gasteiger partial charge in [0.1, 0.15) is 11.9 Å². The quantitative estimate of drug-likeness (QED) is 0.906. The molecule has 0 aliphatic carbocycles. The zero-order valence-electron chi connectivity index (χ0n) is 10.8. The molecular formula is C14H17FN2O. The molecule has 0 aliphatic heterocycles. The minimum Gasteiger partial charge on any atom is -0.382 e. The maximum absolute atomic E-state index is 13.2. The molecule has 4 heteroatoms. The van der Waals surface area contributed by atoms with Crippen molar-refractivity contribution in [3.8, 4) is 0 Å². The Bertz CT molecular complexity index is 563. The van der Waals surface area contributed by atoms with Gasteiger partial charge in [0, 0.05) is 7.05 Å². The smallest absolute Gasteiger partial charge is 0.126 e. The highest BCUT2D eigenvalue weighted by Gasteiger charge is 2.16. The van der Waals surface area contributed by atoms with Crippen LogP contribution in [0.1, 0.15) is 35.5 Å². The molecule has 18 heavy (non-hydrogen) atoms. The molecule has 0 amide bonds. The number of hydrogen-bond acceptors (Lipinski definition) is 2. The van der Waals surface area contributed by atoms with E-state index in [1.807, 2.05) is 13.0 Å². The first-order valence-electron chi connectivity index (χ1n) is 6.00. The van der Waals surface area contributed by atoms with Crippen LogP contribution in [0.3, 0.4) is 0 Å². The molecule has 0 fully saturated rings. The van der Waals surface area contributed by atoms with Crippen molar-refractivity contribution in [3.63, 3.8) is 0 Å². The van der Waals surface area contributed by atoms with Crippen molar-refractivity contribution in [1.29, 1.82) is 0 Å². The standard InChI is InChI=1S/C14H17FN2O/c1-4-11-8-13(17(3)16-11)14(18)10-5-6-12(15)9(2)7-10/h5-8,14,18H,4H2,1-3H3. The van der Waals surface area contributed by atoms with Crippen LogP contribution < -0.4 is 0 Å². The Morgan fingerprint density at radius 2 is 2.11 bits per heavy atom. The van der Waals surface area contributed by atoms with Gasteiger partial charge >= 0.3 is 0 Å². The van der Waals surface area contributed by atoms with Gasteiger partial charge in [0.05, 0.1) is 11.4 Å². The Balaban J connectivity index is 2.37. The molecule has 1 aromatic carbocycles. The van der Waals surface area contributed by atoms with Crippen LogP contribution in [0.15, 0.2) is 24.3 Å². The zero-order chi connectivity index (χ0) is 13.3. The summed E-state index contributed by atoms with van der Waals surface area (Å²) < 4.78 is 14.9. The van der Waals surface area contributed by atoms with E-state index < -0.39 is 6.10 Å². The summed E-state index contributed by atoms with van der Waals surface area (Å²) >= 11 is 0. The summed E-state index contributed by atoms with van der Waals surface area (Å²) in [5.74, 6) is -0.259. The molecular weight excluding hydrogens is 231 g/mol. The average Bonchev–Trinajstić information content (AvgIpc) is 2.73. The highest BCUT2D eigenvalue weighted by Crippen LogP contribution is 2.24. The van der Waals surface area contributed by atoms with Crippen LogP contribution >= 0.6 is 0 Å². The number of aliphatic hydroxyl groups is 1. The fraction of sp³-hybridized carbons (Fsp3) is 0.357. The molecule has 0 bridgehead atoms. The molecule has 1 N–H and O–H groups in total. The zero-order valence-corrected chi connectivity index (χ0v) is 10.8. The van der Waals surface area contributed by atoms with E-state index in [1.165, 1.54) is 6.07 Å². The summed E-state index contributed by atoms with van der Waals surface area (Å²) in [6.45, 7) is 3.70. The van der Waals surface area contributed by atoms with E-state index in [-0.39, 0.29) is 5.82 Å². The van der Waals surface area contributed by atoms with Crippen molar-refractivity contribution in [2.75, 3.05) is 0 Å². The first-order valence-corrected chi connectivity index (χ1v) is 6.00. The van der Waals surface area contributed by atoms with Crippen LogP contribution in [-0.2, 0) is 13.5 Å². The van der Waals surface area contributed by atoms with Crippen molar-refractivity contribution in [2.24, 2.45) is 7.05 Å². The third-order valence-electron chi connectivity index (χ3n) is 3.11. The van der Waals surface area contributed by atoms with Gasteiger partial charge in [-0.05, 0) is 36.6 Å². The summed E-state index contributed by atoms with van der Waals surface area (Å²) in [6, 6.07) is 6.53. The predicted molar refractivity (Wildman–Crippen MR) is 67.8 cm³/mol. The number of hydrogen-bond donors (Lipinski definition) is 1. The summed E-state index contributed by atoms with van der Waals surface area (Å²) in [5.41, 5.74) is 2.87. The van der Waals surface area contributed by atoms with Crippen LogP contribution in [0.2, 0.25) is 0 Å². The third kappa shape index (κ3) is 2.29. The molecule has 2 aromatic rings. The number of benzene rings is 1. The molecule has 0 aliphatic rings. The lowest BCUT2D eigenvalue weighted by molar-refractivity contribution is 0.209. The molecule has 3 nitrogen and oxygen atoms in total. The predicted octanol–water partition coefficient (Wildman–Crippen LogP) is 2.51. The van der Waals surface area contributed by atoms with E-state index in [4.69, 9.17) is 0 Å². The van der Waals surface area contributed by atoms with Crippen LogP contribution in [0.5, 0.6) is 0 Å². The molecule has 0 spiro atoms. The largest absolute Gasteiger partial charge is 0.382 e. The van der Waals surface area contributed by atoms with E-state index in [9.17, 15) is 9.50 Å². The topological polar surface area (TPSA) is 38.0 Å². The van der Waals surface area contributed by atoms with Gasteiger partial charge in [0.25, 0.3) is 0 Å². The lowest BCUT2D eigenvalue weighted by Crippen LogP contribution is -2.07. The van der Waals surface area contributed by atoms with Gasteiger partial charge in [-0.2, -0.15) is 5.10 Å². The second-order valence-electron chi connectivity index (χ2n) is 4.45. The Labute approximate surface area is 106 Å². The number of aliphatic hydroxyl groups excluding tert-OH is 1. The number of aromatic nitrogens is 2. The molecule has 1 unspecified atom stereocenters. The highest BCUT2D eigenvalue weighted by molar-refractivity contribution is 5.31. The van der Waals surface area contributed by atoms with Gasteiger partial charge in [-0.25, -0.2) is 4.39 Å². The summed E-state index contributed by atoms with van der Waals surface area (Å²) in [7, 11) is 1.80. The highest BCUT2D eigenvalue weighted by atomic mass is 19.1. The van der Waals surface area contributed by atoms with Crippen LogP contribution in [0, 0.1) is 12.7 Å². The summed E-state index contributed by atoms with van der Waals surface area (Å²) in [6.07, 6.45) is 0.0466. The van der Waals surface area contributed by atoms with Crippen molar-refractivity contribution >= 4 is 0 Å². The molecule has 1 heterocycles. The maximum Gasteiger partial charge on any atom is 0.126 e. The van der Waals surface area contributed by atoms with Crippen LogP contribution in [-0.4, -0.2) is 14.9 Å². The lowest BCUT2D eigenvalue weighted by Gasteiger charge is -2.12. The molecule has 2 rings (SSSR count). The van der Waals surface area contributed by atoms with E-state index >= 15 is 0 Å². The fourth-order valence-electron chi connectivity index (χ4n) is 1.98. The average molecular weight is 248 g/mol. The van der Waals surface area contributed by atoms with E-state index in [0.29, 0.717) is 11.1 Å². The summed E-state index contributed by atoms with van der Waals surface area (Å²) in [5, 5.41) is 14.6. The Kier molecular flexibility index (Phi) is 3.48. The number of aryl methyl sites for hydroxylation is 3. The molecule has 0 radical (unpaired) electrons. The van der Waals surface area contributed by atoms with Gasteiger partial charge < -0.3 is 5.11 Å². The van der Waals surface area contributed by atoms with E-state index in [2.05, 4.69) is 5.10 Å². The lowest BCUT2D eigenvalue weighted by atomic mass is 10.0. The number of nitrogens with zero attached hydrogens (tertiary/aromatic N) is 2. The normalized spacial score (nSPS) is 12.7. The molecule has 0 saturated carbocycles. The van der Waals surface area contributed by atoms with Crippen molar-refractivity contribution in [3.05, 3.63) is 52.6 Å². The first kappa shape index (κ1) is 12.8. The minimum absolute atomic E-state index is 0.259. The van der Waals surface area contributed by atoms with Crippen LogP contribution in [0.25, 0.3) is 0 Å². The molecule has 96 valence electrons. The summed E-state index contributed by atoms with van der Waals surface area (Å²) in [4.78, 5) is 0. The third-order valence-corrected chi connectivity index (χ3v) is 3.11. The monoisotopic (exact) mass is 248 g/mol. The maximum atomic E-state index is 13.2.